The maximum absolute atomic E-state index is 13.3. The SMILES string of the molecule is CC(C)(C)COC(=O)N1CCc2c([nH]c3ccc(Cl)cc23)C1c1ccc(OCCC2COC(C)(C)O2)cc1. The molecule has 2 aliphatic rings. The normalized spacial score (nSPS) is 20.9. The molecule has 5 rings (SSSR count). The number of aromatic nitrogens is 1. The van der Waals surface area contributed by atoms with Crippen LogP contribution in [-0.2, 0) is 20.6 Å². The fraction of sp³-hybridized carbons (Fsp3) is 0.500. The molecule has 0 radical (unpaired) electrons. The van der Waals surface area contributed by atoms with Gasteiger partial charge in [-0.15, -0.1) is 0 Å². The van der Waals surface area contributed by atoms with Crippen molar-refractivity contribution in [1.29, 1.82) is 0 Å². The molecule has 1 amide bonds. The molecule has 7 nitrogen and oxygen atoms in total. The minimum Gasteiger partial charge on any atom is -0.493 e. The van der Waals surface area contributed by atoms with E-state index in [2.05, 4.69) is 25.8 Å². The molecule has 204 valence electrons. The van der Waals surface area contributed by atoms with Gasteiger partial charge >= 0.3 is 6.09 Å². The van der Waals surface area contributed by atoms with Crippen molar-refractivity contribution in [2.45, 2.75) is 65.4 Å². The highest BCUT2D eigenvalue weighted by Crippen LogP contribution is 2.40. The van der Waals surface area contributed by atoms with Crippen molar-refractivity contribution in [2.24, 2.45) is 5.41 Å². The van der Waals surface area contributed by atoms with Crippen LogP contribution in [0.4, 0.5) is 4.79 Å². The third kappa shape index (κ3) is 5.95. The number of hydrogen-bond acceptors (Lipinski definition) is 5. The summed E-state index contributed by atoms with van der Waals surface area (Å²) >= 11 is 6.32. The van der Waals surface area contributed by atoms with E-state index in [4.69, 9.17) is 30.5 Å². The average molecular weight is 541 g/mol. The smallest absolute Gasteiger partial charge is 0.410 e. The number of carbonyl (C=O) groups excluding carboxylic acids is 1. The Morgan fingerprint density at radius 3 is 2.63 bits per heavy atom. The zero-order chi connectivity index (χ0) is 27.1. The van der Waals surface area contributed by atoms with E-state index >= 15 is 0 Å². The second-order valence-corrected chi connectivity index (χ2v) is 12.3. The lowest BCUT2D eigenvalue weighted by molar-refractivity contribution is -0.139. The fourth-order valence-corrected chi connectivity index (χ4v) is 5.30. The molecular formula is C30H37ClN2O5. The monoisotopic (exact) mass is 540 g/mol. The molecule has 3 aromatic rings. The molecule has 1 saturated heterocycles. The zero-order valence-corrected chi connectivity index (χ0v) is 23.6. The Labute approximate surface area is 229 Å². The van der Waals surface area contributed by atoms with Gasteiger partial charge in [-0.2, -0.15) is 0 Å². The van der Waals surface area contributed by atoms with Crippen LogP contribution < -0.4 is 4.74 Å². The number of hydrogen-bond donors (Lipinski definition) is 1. The third-order valence-corrected chi connectivity index (χ3v) is 7.16. The molecule has 0 spiro atoms. The van der Waals surface area contributed by atoms with Crippen LogP contribution in [-0.4, -0.2) is 54.2 Å². The molecule has 3 heterocycles. The van der Waals surface area contributed by atoms with E-state index in [0.29, 0.717) is 31.4 Å². The summed E-state index contributed by atoms with van der Waals surface area (Å²) in [6.45, 7) is 12.0. The van der Waals surface area contributed by atoms with Gasteiger partial charge in [0.15, 0.2) is 5.79 Å². The summed E-state index contributed by atoms with van der Waals surface area (Å²) in [7, 11) is 0. The van der Waals surface area contributed by atoms with Crippen LogP contribution >= 0.6 is 11.6 Å². The second-order valence-electron chi connectivity index (χ2n) is 11.8. The Hall–Kier alpha value is -2.74. The van der Waals surface area contributed by atoms with E-state index in [-0.39, 0.29) is 23.7 Å². The predicted octanol–water partition coefficient (Wildman–Crippen LogP) is 6.87. The predicted molar refractivity (Wildman–Crippen MR) is 148 cm³/mol. The lowest BCUT2D eigenvalue weighted by Crippen LogP contribution is -2.41. The molecular weight excluding hydrogens is 504 g/mol. The van der Waals surface area contributed by atoms with E-state index in [0.717, 1.165) is 40.8 Å². The standard InChI is InChI=1S/C30H37ClN2O5/c1-29(2,3)18-36-28(34)33-14-12-23-24-16-20(31)8-11-25(24)32-26(23)27(33)19-6-9-21(10-7-19)35-15-13-22-17-37-30(4,5)38-22/h6-11,16,22,27,32H,12-15,17-18H2,1-5H3. The van der Waals surface area contributed by atoms with Crippen molar-refractivity contribution < 1.29 is 23.7 Å². The number of carbonyl (C=O) groups is 1. The molecule has 2 aliphatic heterocycles. The third-order valence-electron chi connectivity index (χ3n) is 6.92. The van der Waals surface area contributed by atoms with Crippen LogP contribution in [0.15, 0.2) is 42.5 Å². The number of aromatic amines is 1. The van der Waals surface area contributed by atoms with Crippen LogP contribution in [0.25, 0.3) is 10.9 Å². The first-order chi connectivity index (χ1) is 18.0. The Morgan fingerprint density at radius 2 is 1.95 bits per heavy atom. The maximum atomic E-state index is 13.3. The highest BCUT2D eigenvalue weighted by molar-refractivity contribution is 6.31. The van der Waals surface area contributed by atoms with Crippen LogP contribution in [0.1, 0.15) is 63.9 Å². The summed E-state index contributed by atoms with van der Waals surface area (Å²) in [6, 6.07) is 13.5. The molecule has 8 heteroatoms. The number of benzene rings is 2. The zero-order valence-electron chi connectivity index (χ0n) is 22.8. The molecule has 1 aromatic heterocycles. The highest BCUT2D eigenvalue weighted by atomic mass is 35.5. The molecule has 2 atom stereocenters. The summed E-state index contributed by atoms with van der Waals surface area (Å²) in [6.07, 6.45) is 1.20. The van der Waals surface area contributed by atoms with Crippen molar-refractivity contribution >= 4 is 28.6 Å². The number of rotatable bonds is 6. The molecule has 0 bridgehead atoms. The molecule has 0 saturated carbocycles. The van der Waals surface area contributed by atoms with Gasteiger partial charge in [-0.3, -0.25) is 4.90 Å². The summed E-state index contributed by atoms with van der Waals surface area (Å²) in [5.41, 5.74) is 4.06. The average Bonchev–Trinajstić information content (AvgIpc) is 3.40. The summed E-state index contributed by atoms with van der Waals surface area (Å²) in [5, 5.41) is 1.80. The van der Waals surface area contributed by atoms with Crippen LogP contribution in [0.5, 0.6) is 5.75 Å². The molecule has 1 N–H and O–H groups in total. The summed E-state index contributed by atoms with van der Waals surface area (Å²) in [5.74, 6) is 0.243. The minimum atomic E-state index is -0.529. The minimum absolute atomic E-state index is 0.0353. The molecule has 0 aliphatic carbocycles. The van der Waals surface area contributed by atoms with Gasteiger partial charge in [0.25, 0.3) is 0 Å². The lowest BCUT2D eigenvalue weighted by Gasteiger charge is -2.36. The first-order valence-electron chi connectivity index (χ1n) is 13.3. The summed E-state index contributed by atoms with van der Waals surface area (Å²) < 4.78 is 23.2. The van der Waals surface area contributed by atoms with Gasteiger partial charge in [0.05, 0.1) is 25.9 Å². The summed E-state index contributed by atoms with van der Waals surface area (Å²) in [4.78, 5) is 18.7. The number of amides is 1. The second kappa shape index (κ2) is 10.4. The van der Waals surface area contributed by atoms with Crippen molar-refractivity contribution in [3.8, 4) is 5.75 Å². The van der Waals surface area contributed by atoms with Gasteiger partial charge < -0.3 is 23.9 Å². The van der Waals surface area contributed by atoms with Crippen LogP contribution in [0.2, 0.25) is 5.02 Å². The van der Waals surface area contributed by atoms with Gasteiger partial charge in [-0.05, 0) is 67.1 Å². The molecule has 2 unspecified atom stereocenters. The van der Waals surface area contributed by atoms with Crippen molar-refractivity contribution in [1.82, 2.24) is 9.88 Å². The van der Waals surface area contributed by atoms with E-state index < -0.39 is 5.79 Å². The fourth-order valence-electron chi connectivity index (χ4n) is 5.13. The molecule has 1 fully saturated rings. The Morgan fingerprint density at radius 1 is 1.18 bits per heavy atom. The number of halogens is 1. The van der Waals surface area contributed by atoms with Crippen molar-refractivity contribution in [2.75, 3.05) is 26.4 Å². The van der Waals surface area contributed by atoms with Crippen molar-refractivity contribution in [3.63, 3.8) is 0 Å². The number of nitrogens with zero attached hydrogens (tertiary/aromatic N) is 1. The first-order valence-corrected chi connectivity index (χ1v) is 13.6. The molecule has 38 heavy (non-hydrogen) atoms. The largest absolute Gasteiger partial charge is 0.493 e. The van der Waals surface area contributed by atoms with Gasteiger partial charge in [-0.25, -0.2) is 4.79 Å². The number of fused-ring (bicyclic) bond motifs is 3. The van der Waals surface area contributed by atoms with E-state index in [9.17, 15) is 4.79 Å². The van der Waals surface area contributed by atoms with Gasteiger partial charge in [-0.1, -0.05) is 44.5 Å². The van der Waals surface area contributed by atoms with Crippen molar-refractivity contribution in [3.05, 3.63) is 64.3 Å². The Kier molecular flexibility index (Phi) is 7.37. The maximum Gasteiger partial charge on any atom is 0.410 e. The number of ether oxygens (including phenoxy) is 4. The van der Waals surface area contributed by atoms with E-state index in [1.807, 2.05) is 61.2 Å². The quantitative estimate of drug-likeness (QED) is 0.369. The number of H-pyrrole nitrogens is 1. The number of nitrogens with one attached hydrogen (secondary N) is 1. The van der Waals surface area contributed by atoms with Gasteiger partial charge in [0.2, 0.25) is 0 Å². The molecule has 2 aromatic carbocycles. The van der Waals surface area contributed by atoms with E-state index in [1.165, 1.54) is 5.56 Å². The Bertz CT molecular complexity index is 1290. The Balaban J connectivity index is 1.37. The highest BCUT2D eigenvalue weighted by Gasteiger charge is 2.36. The van der Waals surface area contributed by atoms with Gasteiger partial charge in [0, 0.05) is 34.6 Å². The van der Waals surface area contributed by atoms with Crippen LogP contribution in [0.3, 0.4) is 0 Å². The van der Waals surface area contributed by atoms with E-state index in [1.54, 1.807) is 0 Å². The van der Waals surface area contributed by atoms with Gasteiger partial charge in [0.1, 0.15) is 11.8 Å². The van der Waals surface area contributed by atoms with Crippen LogP contribution in [0, 0.1) is 5.41 Å². The topological polar surface area (TPSA) is 73.0 Å². The lowest BCUT2D eigenvalue weighted by atomic mass is 9.92. The first kappa shape index (κ1) is 26.9.